The van der Waals surface area contributed by atoms with Crippen LogP contribution >= 0.6 is 11.3 Å². The highest BCUT2D eigenvalue weighted by molar-refractivity contribution is 7.22. The Bertz CT molecular complexity index is 1120. The number of carbonyl (C=O) groups is 2. The second-order valence-electron chi connectivity index (χ2n) is 6.28. The molecular formula is C19H20N4O4S. The van der Waals surface area contributed by atoms with Crippen molar-refractivity contribution in [1.82, 2.24) is 14.5 Å². The van der Waals surface area contributed by atoms with Gasteiger partial charge >= 0.3 is 11.7 Å². The van der Waals surface area contributed by atoms with Crippen LogP contribution in [0.15, 0.2) is 29.1 Å². The number of nitrogens with one attached hydrogen (secondary N) is 1. The molecule has 2 aromatic heterocycles. The summed E-state index contributed by atoms with van der Waals surface area (Å²) < 4.78 is 7.09. The molecular weight excluding hydrogens is 380 g/mol. The standard InChI is InChI=1S/C19H20N4O4S/c1-5-27-17(25)13-6-7-14-15(9-13)28-18(21-14)22-16(24)12(4)23-11(3)8-10(2)20-19(23)26/h6-9,12H,5H2,1-4H3,(H,21,22,24). The highest BCUT2D eigenvalue weighted by Crippen LogP contribution is 2.27. The summed E-state index contributed by atoms with van der Waals surface area (Å²) in [6.07, 6.45) is 0. The first-order chi connectivity index (χ1) is 13.3. The number of ether oxygens (including phenoxy) is 1. The van der Waals surface area contributed by atoms with Gasteiger partial charge in [-0.05, 0) is 52.0 Å². The van der Waals surface area contributed by atoms with E-state index in [0.717, 1.165) is 4.70 Å². The zero-order valence-corrected chi connectivity index (χ0v) is 16.8. The van der Waals surface area contributed by atoms with E-state index in [-0.39, 0.29) is 5.91 Å². The summed E-state index contributed by atoms with van der Waals surface area (Å²) in [7, 11) is 0. The molecule has 0 aliphatic carbocycles. The number of thiazole rings is 1. The van der Waals surface area contributed by atoms with Crippen molar-refractivity contribution in [3.05, 3.63) is 51.7 Å². The fourth-order valence-electron chi connectivity index (χ4n) is 2.88. The lowest BCUT2D eigenvalue weighted by Gasteiger charge is -2.16. The van der Waals surface area contributed by atoms with Gasteiger partial charge < -0.3 is 10.1 Å². The van der Waals surface area contributed by atoms with Crippen molar-refractivity contribution in [2.45, 2.75) is 33.7 Å². The van der Waals surface area contributed by atoms with E-state index in [2.05, 4.69) is 15.3 Å². The van der Waals surface area contributed by atoms with E-state index in [1.54, 1.807) is 52.0 Å². The number of carbonyl (C=O) groups excluding carboxylic acids is 2. The molecule has 9 heteroatoms. The number of benzene rings is 1. The Morgan fingerprint density at radius 1 is 1.25 bits per heavy atom. The van der Waals surface area contributed by atoms with Crippen molar-refractivity contribution in [2.24, 2.45) is 0 Å². The molecule has 1 N–H and O–H groups in total. The number of aryl methyl sites for hydroxylation is 2. The number of amides is 1. The fraction of sp³-hybridized carbons (Fsp3) is 0.316. The lowest BCUT2D eigenvalue weighted by atomic mass is 10.2. The third-order valence-electron chi connectivity index (χ3n) is 4.17. The molecule has 2 heterocycles. The number of anilines is 1. The Balaban J connectivity index is 1.83. The number of rotatable bonds is 5. The van der Waals surface area contributed by atoms with E-state index in [1.165, 1.54) is 15.9 Å². The SMILES string of the molecule is CCOC(=O)c1ccc2nc(NC(=O)C(C)n3c(C)cc(C)nc3=O)sc2c1. The van der Waals surface area contributed by atoms with Crippen LogP contribution in [-0.4, -0.2) is 33.0 Å². The molecule has 8 nitrogen and oxygen atoms in total. The van der Waals surface area contributed by atoms with Gasteiger partial charge in [-0.3, -0.25) is 9.36 Å². The largest absolute Gasteiger partial charge is 0.462 e. The highest BCUT2D eigenvalue weighted by Gasteiger charge is 2.20. The van der Waals surface area contributed by atoms with Crippen LogP contribution in [0.4, 0.5) is 5.13 Å². The minimum atomic E-state index is -0.747. The quantitative estimate of drug-likeness (QED) is 0.661. The van der Waals surface area contributed by atoms with Crippen LogP contribution in [0, 0.1) is 13.8 Å². The average molecular weight is 400 g/mol. The number of nitrogens with zero attached hydrogens (tertiary/aromatic N) is 3. The van der Waals surface area contributed by atoms with Gasteiger partial charge in [0, 0.05) is 11.4 Å². The summed E-state index contributed by atoms with van der Waals surface area (Å²) >= 11 is 1.24. The minimum absolute atomic E-state index is 0.297. The zero-order valence-electron chi connectivity index (χ0n) is 16.0. The Morgan fingerprint density at radius 3 is 2.68 bits per heavy atom. The number of hydrogen-bond donors (Lipinski definition) is 1. The highest BCUT2D eigenvalue weighted by atomic mass is 32.1. The molecule has 1 atom stereocenters. The molecule has 3 aromatic rings. The average Bonchev–Trinajstić information content (AvgIpc) is 3.02. The summed E-state index contributed by atoms with van der Waals surface area (Å²) in [5, 5.41) is 3.12. The van der Waals surface area contributed by atoms with Crippen LogP contribution < -0.4 is 11.0 Å². The van der Waals surface area contributed by atoms with E-state index in [1.807, 2.05) is 0 Å². The monoisotopic (exact) mass is 400 g/mol. The molecule has 1 aromatic carbocycles. The van der Waals surface area contributed by atoms with Crippen molar-refractivity contribution >= 4 is 38.6 Å². The summed E-state index contributed by atoms with van der Waals surface area (Å²) in [4.78, 5) is 44.9. The molecule has 0 aliphatic rings. The van der Waals surface area contributed by atoms with Crippen LogP contribution in [0.5, 0.6) is 0 Å². The summed E-state index contributed by atoms with van der Waals surface area (Å²) in [6, 6.07) is 6.02. The molecule has 0 saturated carbocycles. The Morgan fingerprint density at radius 2 is 2.00 bits per heavy atom. The predicted molar refractivity (Wildman–Crippen MR) is 107 cm³/mol. The lowest BCUT2D eigenvalue weighted by molar-refractivity contribution is -0.118. The van der Waals surface area contributed by atoms with Crippen molar-refractivity contribution in [2.75, 3.05) is 11.9 Å². The van der Waals surface area contributed by atoms with Crippen LogP contribution in [0.3, 0.4) is 0 Å². The molecule has 3 rings (SSSR count). The smallest absolute Gasteiger partial charge is 0.348 e. The molecule has 0 bridgehead atoms. The van der Waals surface area contributed by atoms with Gasteiger partial charge in [-0.25, -0.2) is 14.6 Å². The lowest BCUT2D eigenvalue weighted by Crippen LogP contribution is -2.34. The Hall–Kier alpha value is -3.07. The summed E-state index contributed by atoms with van der Waals surface area (Å²) in [5.41, 5.74) is 1.88. The van der Waals surface area contributed by atoms with Crippen molar-refractivity contribution in [1.29, 1.82) is 0 Å². The van der Waals surface area contributed by atoms with Crippen molar-refractivity contribution in [3.8, 4) is 0 Å². The van der Waals surface area contributed by atoms with Crippen LogP contribution in [-0.2, 0) is 9.53 Å². The molecule has 1 amide bonds. The molecule has 0 spiro atoms. The van der Waals surface area contributed by atoms with Crippen LogP contribution in [0.25, 0.3) is 10.2 Å². The molecule has 0 aliphatic heterocycles. The molecule has 0 saturated heterocycles. The van der Waals surface area contributed by atoms with Gasteiger partial charge in [0.05, 0.1) is 22.4 Å². The van der Waals surface area contributed by atoms with Gasteiger partial charge in [-0.15, -0.1) is 0 Å². The van der Waals surface area contributed by atoms with E-state index in [9.17, 15) is 14.4 Å². The first-order valence-corrected chi connectivity index (χ1v) is 9.57. The molecule has 28 heavy (non-hydrogen) atoms. The minimum Gasteiger partial charge on any atom is -0.462 e. The number of esters is 1. The number of hydrogen-bond acceptors (Lipinski definition) is 7. The van der Waals surface area contributed by atoms with Gasteiger partial charge in [0.1, 0.15) is 6.04 Å². The number of fused-ring (bicyclic) bond motifs is 1. The predicted octanol–water partition coefficient (Wildman–Crippen LogP) is 2.85. The third-order valence-corrected chi connectivity index (χ3v) is 5.11. The fourth-order valence-corrected chi connectivity index (χ4v) is 3.79. The Kier molecular flexibility index (Phi) is 5.55. The molecule has 1 unspecified atom stereocenters. The van der Waals surface area contributed by atoms with Gasteiger partial charge in [-0.1, -0.05) is 11.3 Å². The van der Waals surface area contributed by atoms with Gasteiger partial charge in [-0.2, -0.15) is 4.98 Å². The third kappa shape index (κ3) is 3.94. The van der Waals surface area contributed by atoms with Gasteiger partial charge in [0.2, 0.25) is 5.91 Å². The second-order valence-corrected chi connectivity index (χ2v) is 7.31. The summed E-state index contributed by atoms with van der Waals surface area (Å²) in [5.74, 6) is -0.778. The van der Waals surface area contributed by atoms with E-state index in [0.29, 0.717) is 34.2 Å². The topological polar surface area (TPSA) is 103 Å². The van der Waals surface area contributed by atoms with E-state index in [4.69, 9.17) is 4.74 Å². The van der Waals surface area contributed by atoms with Gasteiger partial charge in [0.25, 0.3) is 0 Å². The van der Waals surface area contributed by atoms with Crippen molar-refractivity contribution < 1.29 is 14.3 Å². The maximum atomic E-state index is 12.6. The first-order valence-electron chi connectivity index (χ1n) is 8.75. The van der Waals surface area contributed by atoms with E-state index >= 15 is 0 Å². The molecule has 146 valence electrons. The number of aromatic nitrogens is 3. The normalized spacial score (nSPS) is 12.0. The van der Waals surface area contributed by atoms with Gasteiger partial charge in [0.15, 0.2) is 5.13 Å². The molecule has 0 fully saturated rings. The van der Waals surface area contributed by atoms with Crippen LogP contribution in [0.1, 0.15) is 41.6 Å². The van der Waals surface area contributed by atoms with Crippen molar-refractivity contribution in [3.63, 3.8) is 0 Å². The zero-order chi connectivity index (χ0) is 20.4. The molecule has 0 radical (unpaired) electrons. The first kappa shape index (κ1) is 19.7. The Labute approximate surface area is 165 Å². The summed E-state index contributed by atoms with van der Waals surface area (Å²) in [6.45, 7) is 7.16. The van der Waals surface area contributed by atoms with E-state index < -0.39 is 17.7 Å². The maximum Gasteiger partial charge on any atom is 0.348 e. The van der Waals surface area contributed by atoms with Crippen LogP contribution in [0.2, 0.25) is 0 Å². The second kappa shape index (κ2) is 7.89. The maximum absolute atomic E-state index is 12.6.